The minimum absolute atomic E-state index is 0.356. The average molecular weight is 220 g/mol. The molecule has 1 radical (unpaired) electrons. The highest BCUT2D eigenvalue weighted by molar-refractivity contribution is 7.68. The van der Waals surface area contributed by atoms with E-state index in [-0.39, 0.29) is 0 Å². The van der Waals surface area contributed by atoms with Crippen LogP contribution in [-0.4, -0.2) is 18.2 Å². The molecule has 0 aliphatic carbocycles. The van der Waals surface area contributed by atoms with Crippen molar-refractivity contribution in [2.45, 2.75) is 13.8 Å². The predicted molar refractivity (Wildman–Crippen MR) is 51.4 cm³/mol. The molecule has 1 aromatic heterocycles. The number of aromatic nitrogens is 1. The first kappa shape index (κ1) is 10.9. The summed E-state index contributed by atoms with van der Waals surface area (Å²) in [4.78, 5) is 3.71. The molecule has 1 rings (SSSR count). The van der Waals surface area contributed by atoms with Crippen molar-refractivity contribution in [2.75, 3.05) is 13.2 Å². The second kappa shape index (κ2) is 4.86. The lowest BCUT2D eigenvalue weighted by Crippen LogP contribution is -2.06. The molecule has 0 aromatic carbocycles. The molecule has 0 aliphatic rings. The van der Waals surface area contributed by atoms with Gasteiger partial charge < -0.3 is 9.05 Å². The lowest BCUT2D eigenvalue weighted by atomic mass is 10.9. The summed E-state index contributed by atoms with van der Waals surface area (Å²) in [6, 6.07) is 0. The van der Waals surface area contributed by atoms with E-state index in [0.29, 0.717) is 17.8 Å². The molecule has 4 nitrogen and oxygen atoms in total. The Morgan fingerprint density at radius 1 is 1.54 bits per heavy atom. The molecule has 0 saturated heterocycles. The van der Waals surface area contributed by atoms with Gasteiger partial charge in [-0.25, -0.2) is 4.98 Å². The number of hydrogen-bond donors (Lipinski definition) is 0. The topological polar surface area (TPSA) is 48.4 Å². The third-order valence-electron chi connectivity index (χ3n) is 1.25. The molecule has 0 N–H and O–H groups in total. The Morgan fingerprint density at radius 2 is 2.15 bits per heavy atom. The molecule has 13 heavy (non-hydrogen) atoms. The fraction of sp³-hybridized carbons (Fsp3) is 0.571. The van der Waals surface area contributed by atoms with Crippen molar-refractivity contribution in [2.24, 2.45) is 0 Å². The highest BCUT2D eigenvalue weighted by atomic mass is 32.1. The number of rotatable bonds is 5. The smallest absolute Gasteiger partial charge is 0.305 e. The summed E-state index contributed by atoms with van der Waals surface area (Å²) in [5.41, 5.74) is 2.61. The van der Waals surface area contributed by atoms with Crippen molar-refractivity contribution < 1.29 is 13.6 Å². The fourth-order valence-corrected chi connectivity index (χ4v) is 3.21. The third-order valence-corrected chi connectivity index (χ3v) is 4.55. The predicted octanol–water partition coefficient (Wildman–Crippen LogP) is 1.83. The van der Waals surface area contributed by atoms with Crippen LogP contribution >= 0.6 is 18.9 Å². The first-order chi connectivity index (χ1) is 6.23. The van der Waals surface area contributed by atoms with Gasteiger partial charge in [0.1, 0.15) is 4.62 Å². The molecule has 6 heteroatoms. The van der Waals surface area contributed by atoms with E-state index in [0.717, 1.165) is 11.3 Å². The monoisotopic (exact) mass is 220 g/mol. The van der Waals surface area contributed by atoms with E-state index in [1.165, 1.54) is 6.20 Å². The van der Waals surface area contributed by atoms with Crippen molar-refractivity contribution in [3.05, 3.63) is 11.7 Å². The van der Waals surface area contributed by atoms with E-state index >= 15 is 0 Å². The maximum absolute atomic E-state index is 12.0. The summed E-state index contributed by atoms with van der Waals surface area (Å²) in [6.07, 6.45) is 1.47. The summed E-state index contributed by atoms with van der Waals surface area (Å²) < 4.78 is 22.7. The lowest BCUT2D eigenvalue weighted by molar-refractivity contribution is 0.230. The normalized spacial score (nSPS) is 11.8. The van der Waals surface area contributed by atoms with Crippen molar-refractivity contribution in [1.29, 1.82) is 0 Å². The molecule has 73 valence electrons. The molecule has 1 heterocycles. The quantitative estimate of drug-likeness (QED) is 0.710. The maximum atomic E-state index is 12.0. The minimum atomic E-state index is -3.10. The van der Waals surface area contributed by atoms with Gasteiger partial charge in [-0.15, -0.1) is 11.3 Å². The molecule has 0 fully saturated rings. The molecule has 0 saturated carbocycles. The van der Waals surface area contributed by atoms with E-state index in [2.05, 4.69) is 10.5 Å². The van der Waals surface area contributed by atoms with Crippen LogP contribution in [0.15, 0.2) is 6.20 Å². The molecule has 1 aromatic rings. The SMILES string of the molecule is CCOP(=O)(OCC)c1cn[c]s1. The van der Waals surface area contributed by atoms with Crippen LogP contribution in [0.2, 0.25) is 0 Å². The summed E-state index contributed by atoms with van der Waals surface area (Å²) in [5.74, 6) is 0. The second-order valence-electron chi connectivity index (χ2n) is 2.12. The molecule has 0 aliphatic heterocycles. The Balaban J connectivity index is 2.85. The number of nitrogens with zero attached hydrogens (tertiary/aromatic N) is 1. The summed E-state index contributed by atoms with van der Waals surface area (Å²) in [7, 11) is -3.10. The van der Waals surface area contributed by atoms with Gasteiger partial charge in [0.25, 0.3) is 0 Å². The molecule has 0 bridgehead atoms. The molecule has 0 unspecified atom stereocenters. The Labute approximate surface area is 81.4 Å². The molecule has 0 atom stereocenters. The lowest BCUT2D eigenvalue weighted by Gasteiger charge is -2.13. The van der Waals surface area contributed by atoms with Crippen LogP contribution in [0.5, 0.6) is 0 Å². The van der Waals surface area contributed by atoms with E-state index < -0.39 is 7.60 Å². The van der Waals surface area contributed by atoms with Crippen LogP contribution in [0.1, 0.15) is 13.8 Å². The first-order valence-corrected chi connectivity index (χ1v) is 6.30. The van der Waals surface area contributed by atoms with Gasteiger partial charge in [0.2, 0.25) is 0 Å². The van der Waals surface area contributed by atoms with Gasteiger partial charge in [0, 0.05) is 0 Å². The Bertz CT molecular complexity index is 278. The van der Waals surface area contributed by atoms with Gasteiger partial charge in [0.15, 0.2) is 5.51 Å². The van der Waals surface area contributed by atoms with Gasteiger partial charge in [-0.1, -0.05) is 0 Å². The Kier molecular flexibility index (Phi) is 4.06. The first-order valence-electron chi connectivity index (χ1n) is 3.94. The number of thiazole rings is 1. The van der Waals surface area contributed by atoms with Gasteiger partial charge in [-0.2, -0.15) is 0 Å². The van der Waals surface area contributed by atoms with E-state index in [1.807, 2.05) is 0 Å². The molecular formula is C7H11NO3PS. The Hall–Kier alpha value is -0.220. The van der Waals surface area contributed by atoms with E-state index in [1.54, 1.807) is 13.8 Å². The summed E-state index contributed by atoms with van der Waals surface area (Å²) >= 11 is 1.16. The van der Waals surface area contributed by atoms with Gasteiger partial charge >= 0.3 is 7.60 Å². The third kappa shape index (κ3) is 2.61. The zero-order valence-electron chi connectivity index (χ0n) is 7.52. The van der Waals surface area contributed by atoms with E-state index in [9.17, 15) is 4.57 Å². The summed E-state index contributed by atoms with van der Waals surface area (Å²) in [6.45, 7) is 4.26. The average Bonchev–Trinajstić information content (AvgIpc) is 2.57. The van der Waals surface area contributed by atoms with Crippen molar-refractivity contribution in [3.8, 4) is 0 Å². The van der Waals surface area contributed by atoms with Gasteiger partial charge in [-0.3, -0.25) is 4.57 Å². The number of hydrogen-bond acceptors (Lipinski definition) is 5. The highest BCUT2D eigenvalue weighted by Gasteiger charge is 2.28. The van der Waals surface area contributed by atoms with E-state index in [4.69, 9.17) is 9.05 Å². The maximum Gasteiger partial charge on any atom is 0.372 e. The fourth-order valence-electron chi connectivity index (χ4n) is 0.812. The summed E-state index contributed by atoms with van der Waals surface area (Å²) in [5, 5.41) is 0. The zero-order chi connectivity index (χ0) is 9.73. The highest BCUT2D eigenvalue weighted by Crippen LogP contribution is 2.47. The van der Waals surface area contributed by atoms with Crippen molar-refractivity contribution in [1.82, 2.24) is 4.98 Å². The van der Waals surface area contributed by atoms with Gasteiger partial charge in [-0.05, 0) is 13.8 Å². The van der Waals surface area contributed by atoms with Crippen LogP contribution in [0.3, 0.4) is 0 Å². The van der Waals surface area contributed by atoms with Gasteiger partial charge in [0.05, 0.1) is 19.4 Å². The van der Waals surface area contributed by atoms with Crippen LogP contribution in [0.4, 0.5) is 0 Å². The molecule has 0 spiro atoms. The molecular weight excluding hydrogens is 209 g/mol. The Morgan fingerprint density at radius 3 is 2.54 bits per heavy atom. The second-order valence-corrected chi connectivity index (χ2v) is 5.25. The zero-order valence-corrected chi connectivity index (χ0v) is 9.23. The van der Waals surface area contributed by atoms with Crippen molar-refractivity contribution in [3.63, 3.8) is 0 Å². The standard InChI is InChI=1S/C7H11NO3PS/c1-3-10-12(9,11-4-2)7-5-8-6-13-7/h5H,3-4H2,1-2H3. The van der Waals surface area contributed by atoms with Crippen LogP contribution in [-0.2, 0) is 13.6 Å². The van der Waals surface area contributed by atoms with Crippen LogP contribution < -0.4 is 4.62 Å². The van der Waals surface area contributed by atoms with Crippen LogP contribution in [0.25, 0.3) is 0 Å². The van der Waals surface area contributed by atoms with Crippen LogP contribution in [0, 0.1) is 5.51 Å². The largest absolute Gasteiger partial charge is 0.372 e. The minimum Gasteiger partial charge on any atom is -0.305 e. The van der Waals surface area contributed by atoms with Crippen molar-refractivity contribution >= 4 is 23.6 Å². The molecule has 0 amide bonds.